The number of para-hydroxylation sites is 1. The summed E-state index contributed by atoms with van der Waals surface area (Å²) in [6, 6.07) is 16.9. The average molecular weight is 447 g/mol. The molecule has 3 heterocycles. The number of rotatable bonds is 4. The van der Waals surface area contributed by atoms with Crippen LogP contribution in [-0.2, 0) is 13.0 Å². The first-order chi connectivity index (χ1) is 15.6. The Balaban J connectivity index is 1.42. The van der Waals surface area contributed by atoms with E-state index in [1.807, 2.05) is 43.3 Å². The molecule has 0 fully saturated rings. The normalized spacial score (nSPS) is 13.4. The number of nitrogens with one attached hydrogen (secondary N) is 1. The van der Waals surface area contributed by atoms with Crippen molar-refractivity contribution in [1.82, 2.24) is 24.5 Å². The van der Waals surface area contributed by atoms with Crippen LogP contribution in [0.3, 0.4) is 0 Å². The summed E-state index contributed by atoms with van der Waals surface area (Å²) in [7, 11) is 0. The number of hydrogen-bond acceptors (Lipinski definition) is 4. The molecular weight excluding hydrogens is 424 g/mol. The number of carbonyl (C=O) groups excluding carboxylic acids is 1. The highest BCUT2D eigenvalue weighted by Gasteiger charge is 2.19. The maximum Gasteiger partial charge on any atom is 0.276 e. The van der Waals surface area contributed by atoms with E-state index >= 15 is 0 Å². The van der Waals surface area contributed by atoms with Gasteiger partial charge in [-0.3, -0.25) is 4.79 Å². The van der Waals surface area contributed by atoms with Gasteiger partial charge in [0.2, 0.25) is 0 Å². The molecule has 5 rings (SSSR count). The van der Waals surface area contributed by atoms with E-state index in [2.05, 4.69) is 25.2 Å². The fraction of sp³-hybridized carbons (Fsp3) is 0.250. The molecule has 2 aromatic heterocycles. The molecule has 1 N–H and O–H groups in total. The van der Waals surface area contributed by atoms with Gasteiger partial charge in [0.15, 0.2) is 11.5 Å². The zero-order valence-electron chi connectivity index (χ0n) is 17.8. The average Bonchev–Trinajstić information content (AvgIpc) is 3.31. The minimum Gasteiger partial charge on any atom is -0.321 e. The van der Waals surface area contributed by atoms with Crippen LogP contribution in [0.4, 0.5) is 5.69 Å². The largest absolute Gasteiger partial charge is 0.321 e. The molecule has 0 saturated carbocycles. The number of hydrogen-bond donors (Lipinski definition) is 1. The molecule has 1 aliphatic rings. The van der Waals surface area contributed by atoms with Crippen LogP contribution in [0.15, 0.2) is 54.6 Å². The first-order valence-electron chi connectivity index (χ1n) is 10.8. The number of anilines is 1. The Morgan fingerprint density at radius 2 is 1.88 bits per heavy atom. The highest BCUT2D eigenvalue weighted by molar-refractivity contribution is 6.33. The van der Waals surface area contributed by atoms with Crippen molar-refractivity contribution in [2.45, 2.75) is 39.2 Å². The van der Waals surface area contributed by atoms with E-state index in [1.54, 1.807) is 22.9 Å². The molecule has 8 heteroatoms. The molecule has 4 aromatic rings. The Bertz CT molecular complexity index is 1280. The third-order valence-corrected chi connectivity index (χ3v) is 6.03. The molecule has 1 aliphatic heterocycles. The topological polar surface area (TPSA) is 77.6 Å². The number of aryl methyl sites for hydroxylation is 2. The predicted octanol–water partition coefficient (Wildman–Crippen LogP) is 5.07. The third kappa shape index (κ3) is 3.91. The Morgan fingerprint density at radius 1 is 1.03 bits per heavy atom. The summed E-state index contributed by atoms with van der Waals surface area (Å²) in [6.07, 6.45) is 4.32. The quantitative estimate of drug-likeness (QED) is 0.474. The lowest BCUT2D eigenvalue weighted by Crippen LogP contribution is -2.13. The highest BCUT2D eigenvalue weighted by Crippen LogP contribution is 2.31. The lowest BCUT2D eigenvalue weighted by atomic mass is 10.1. The van der Waals surface area contributed by atoms with Gasteiger partial charge in [0.05, 0.1) is 10.7 Å². The van der Waals surface area contributed by atoms with E-state index in [1.165, 1.54) is 6.42 Å². The summed E-state index contributed by atoms with van der Waals surface area (Å²) in [5, 5.41) is 16.8. The van der Waals surface area contributed by atoms with E-state index in [4.69, 9.17) is 11.6 Å². The SMILES string of the molecule is Cc1cc(C(=O)Nc2ccc(Cl)c(-c3nnc4n3CCCCC4)c2)nn1-c1ccccc1. The number of fused-ring (bicyclic) bond motifs is 1. The Morgan fingerprint density at radius 3 is 2.72 bits per heavy atom. The summed E-state index contributed by atoms with van der Waals surface area (Å²) in [4.78, 5) is 12.9. The van der Waals surface area contributed by atoms with Gasteiger partial charge in [0, 0.05) is 29.9 Å². The van der Waals surface area contributed by atoms with Gasteiger partial charge in [-0.05, 0) is 56.2 Å². The van der Waals surface area contributed by atoms with Crippen molar-refractivity contribution in [2.75, 3.05) is 5.32 Å². The fourth-order valence-corrected chi connectivity index (χ4v) is 4.27. The van der Waals surface area contributed by atoms with Crippen LogP contribution < -0.4 is 5.32 Å². The molecule has 7 nitrogen and oxygen atoms in total. The van der Waals surface area contributed by atoms with Crippen molar-refractivity contribution < 1.29 is 4.79 Å². The summed E-state index contributed by atoms with van der Waals surface area (Å²) >= 11 is 6.51. The first-order valence-corrected chi connectivity index (χ1v) is 11.1. The monoisotopic (exact) mass is 446 g/mol. The number of carbonyl (C=O) groups is 1. The second kappa shape index (κ2) is 8.59. The lowest BCUT2D eigenvalue weighted by molar-refractivity contribution is 0.102. The summed E-state index contributed by atoms with van der Waals surface area (Å²) in [5.74, 6) is 1.45. The molecule has 32 heavy (non-hydrogen) atoms. The number of amides is 1. The van der Waals surface area contributed by atoms with E-state index in [0.717, 1.165) is 54.4 Å². The van der Waals surface area contributed by atoms with E-state index in [-0.39, 0.29) is 5.91 Å². The molecular formula is C24H23ClN6O. The Kier molecular flexibility index (Phi) is 5.49. The second-order valence-electron chi connectivity index (χ2n) is 7.97. The van der Waals surface area contributed by atoms with E-state index < -0.39 is 0 Å². The van der Waals surface area contributed by atoms with Crippen LogP contribution in [0.25, 0.3) is 17.1 Å². The second-order valence-corrected chi connectivity index (χ2v) is 8.38. The standard InChI is InChI=1S/C24H23ClN6O/c1-16-14-21(29-31(16)18-8-4-2-5-9-18)24(32)26-17-11-12-20(25)19(15-17)23-28-27-22-10-6-3-7-13-30(22)23/h2,4-5,8-9,11-12,14-15H,3,6-7,10,13H2,1H3,(H,26,32). The van der Waals surface area contributed by atoms with Crippen molar-refractivity contribution in [3.8, 4) is 17.1 Å². The van der Waals surface area contributed by atoms with Crippen LogP contribution in [0.2, 0.25) is 5.02 Å². The molecule has 0 bridgehead atoms. The maximum atomic E-state index is 12.9. The van der Waals surface area contributed by atoms with Crippen molar-refractivity contribution >= 4 is 23.2 Å². The maximum absolute atomic E-state index is 12.9. The lowest BCUT2D eigenvalue weighted by Gasteiger charge is -2.11. The van der Waals surface area contributed by atoms with Gasteiger partial charge >= 0.3 is 0 Å². The Labute approximate surface area is 191 Å². The minimum absolute atomic E-state index is 0.281. The fourth-order valence-electron chi connectivity index (χ4n) is 4.07. The van der Waals surface area contributed by atoms with Crippen molar-refractivity contribution in [2.24, 2.45) is 0 Å². The summed E-state index contributed by atoms with van der Waals surface area (Å²) in [6.45, 7) is 2.80. The van der Waals surface area contributed by atoms with Crippen molar-refractivity contribution in [1.29, 1.82) is 0 Å². The number of benzene rings is 2. The smallest absolute Gasteiger partial charge is 0.276 e. The number of aromatic nitrogens is 5. The van der Waals surface area contributed by atoms with E-state index in [0.29, 0.717) is 16.4 Å². The molecule has 0 spiro atoms. The van der Waals surface area contributed by atoms with E-state index in [9.17, 15) is 4.79 Å². The van der Waals surface area contributed by atoms with Gasteiger partial charge in [-0.1, -0.05) is 36.2 Å². The van der Waals surface area contributed by atoms with Crippen LogP contribution in [0.5, 0.6) is 0 Å². The zero-order valence-corrected chi connectivity index (χ0v) is 18.5. The molecule has 162 valence electrons. The van der Waals surface area contributed by atoms with Crippen molar-refractivity contribution in [3.63, 3.8) is 0 Å². The molecule has 0 saturated heterocycles. The molecule has 0 unspecified atom stereocenters. The molecule has 0 aliphatic carbocycles. The van der Waals surface area contributed by atoms with Gasteiger partial charge in [-0.2, -0.15) is 5.10 Å². The van der Waals surface area contributed by atoms with Gasteiger partial charge in [-0.15, -0.1) is 10.2 Å². The number of nitrogens with zero attached hydrogens (tertiary/aromatic N) is 5. The van der Waals surface area contributed by atoms with Crippen LogP contribution in [0.1, 0.15) is 41.3 Å². The van der Waals surface area contributed by atoms with Gasteiger partial charge in [0.1, 0.15) is 5.82 Å². The van der Waals surface area contributed by atoms with Crippen LogP contribution in [-0.4, -0.2) is 30.5 Å². The molecule has 1 amide bonds. The van der Waals surface area contributed by atoms with Crippen molar-refractivity contribution in [3.05, 3.63) is 76.8 Å². The third-order valence-electron chi connectivity index (χ3n) is 5.70. The summed E-state index contributed by atoms with van der Waals surface area (Å²) < 4.78 is 3.90. The highest BCUT2D eigenvalue weighted by atomic mass is 35.5. The van der Waals surface area contributed by atoms with Gasteiger partial charge in [-0.25, -0.2) is 4.68 Å². The number of halogens is 1. The van der Waals surface area contributed by atoms with Gasteiger partial charge in [0.25, 0.3) is 5.91 Å². The van der Waals surface area contributed by atoms with Crippen LogP contribution >= 0.6 is 11.6 Å². The molecule has 2 aromatic carbocycles. The van der Waals surface area contributed by atoms with Crippen LogP contribution in [0, 0.1) is 6.92 Å². The minimum atomic E-state index is -0.281. The molecule has 0 radical (unpaired) electrons. The van der Waals surface area contributed by atoms with Gasteiger partial charge < -0.3 is 9.88 Å². The first kappa shape index (κ1) is 20.5. The summed E-state index contributed by atoms with van der Waals surface area (Å²) in [5.41, 5.74) is 3.53. The zero-order chi connectivity index (χ0) is 22.1. The predicted molar refractivity (Wildman–Crippen MR) is 124 cm³/mol. The molecule has 0 atom stereocenters. The Hall–Kier alpha value is -3.45.